The molecule has 0 fully saturated rings. The van der Waals surface area contributed by atoms with Gasteiger partial charge in [-0.1, -0.05) is 6.92 Å². The highest BCUT2D eigenvalue weighted by Gasteiger charge is 2.37. The van der Waals surface area contributed by atoms with Gasteiger partial charge in [0.05, 0.1) is 29.0 Å². The van der Waals surface area contributed by atoms with Gasteiger partial charge < -0.3 is 4.74 Å². The Morgan fingerprint density at radius 3 is 2.12 bits per heavy atom. The van der Waals surface area contributed by atoms with Crippen LogP contribution >= 0.6 is 11.5 Å². The molecule has 0 saturated heterocycles. The maximum Gasteiger partial charge on any atom is 0.416 e. The van der Waals surface area contributed by atoms with Gasteiger partial charge in [-0.2, -0.15) is 30.7 Å². The van der Waals surface area contributed by atoms with Crippen molar-refractivity contribution in [2.75, 3.05) is 6.61 Å². The fraction of sp³-hybridized carbons (Fsp3) is 0.333. The summed E-state index contributed by atoms with van der Waals surface area (Å²) in [7, 11) is 0. The lowest BCUT2D eigenvalue weighted by Gasteiger charge is -2.14. The molecule has 0 aliphatic heterocycles. The maximum atomic E-state index is 12.9. The number of carbonyl (C=O) groups is 1. The standard InChI is InChI=1S/C15H11F6NO2S/c1-2-3-24-13(23)11-7-25-22-12(11)8-4-9(14(16,17)18)6-10(5-8)15(19,20)21/h4-7H,2-3H2,1H3. The summed E-state index contributed by atoms with van der Waals surface area (Å²) in [6.45, 7) is 1.81. The molecule has 25 heavy (non-hydrogen) atoms. The number of alkyl halides is 6. The van der Waals surface area contributed by atoms with Crippen LogP contribution in [-0.4, -0.2) is 16.9 Å². The largest absolute Gasteiger partial charge is 0.462 e. The monoisotopic (exact) mass is 383 g/mol. The van der Waals surface area contributed by atoms with Gasteiger partial charge in [0.2, 0.25) is 0 Å². The van der Waals surface area contributed by atoms with E-state index in [0.717, 1.165) is 11.5 Å². The van der Waals surface area contributed by atoms with E-state index in [0.29, 0.717) is 18.6 Å². The second-order valence-corrected chi connectivity index (χ2v) is 5.64. The van der Waals surface area contributed by atoms with Crippen LogP contribution in [0.25, 0.3) is 11.3 Å². The molecule has 1 heterocycles. The van der Waals surface area contributed by atoms with Gasteiger partial charge in [0.15, 0.2) is 0 Å². The van der Waals surface area contributed by atoms with Crippen molar-refractivity contribution in [3.8, 4) is 11.3 Å². The normalized spacial score (nSPS) is 12.3. The zero-order chi connectivity index (χ0) is 18.8. The number of esters is 1. The molecule has 0 bridgehead atoms. The molecule has 3 nitrogen and oxygen atoms in total. The van der Waals surface area contributed by atoms with Gasteiger partial charge in [0.1, 0.15) is 0 Å². The van der Waals surface area contributed by atoms with Crippen molar-refractivity contribution in [1.82, 2.24) is 4.37 Å². The van der Waals surface area contributed by atoms with E-state index in [2.05, 4.69) is 4.37 Å². The summed E-state index contributed by atoms with van der Waals surface area (Å²) in [4.78, 5) is 11.9. The summed E-state index contributed by atoms with van der Waals surface area (Å²) in [6.07, 6.45) is -9.44. The predicted molar refractivity (Wildman–Crippen MR) is 78.1 cm³/mol. The average Bonchev–Trinajstić information content (AvgIpc) is 3.00. The Hall–Kier alpha value is -2.10. The van der Waals surface area contributed by atoms with Crippen molar-refractivity contribution in [3.63, 3.8) is 0 Å². The molecule has 1 aromatic carbocycles. The van der Waals surface area contributed by atoms with Gasteiger partial charge in [-0.25, -0.2) is 4.79 Å². The zero-order valence-corrected chi connectivity index (χ0v) is 13.5. The first-order valence-electron chi connectivity index (χ1n) is 6.95. The molecular formula is C15H11F6NO2S. The first-order valence-corrected chi connectivity index (χ1v) is 7.79. The van der Waals surface area contributed by atoms with E-state index < -0.39 is 35.0 Å². The SMILES string of the molecule is CCCOC(=O)c1csnc1-c1cc(C(F)(F)F)cc(C(F)(F)F)c1. The molecule has 1 aromatic heterocycles. The Bertz CT molecular complexity index is 734. The molecule has 0 saturated carbocycles. The fourth-order valence-corrected chi connectivity index (χ4v) is 2.63. The molecule has 2 rings (SSSR count). The minimum atomic E-state index is -4.98. The Kier molecular flexibility index (Phi) is 5.40. The number of rotatable bonds is 4. The van der Waals surface area contributed by atoms with Crippen LogP contribution in [0.4, 0.5) is 26.3 Å². The van der Waals surface area contributed by atoms with Crippen molar-refractivity contribution in [3.05, 3.63) is 40.3 Å². The van der Waals surface area contributed by atoms with Crippen molar-refractivity contribution >= 4 is 17.5 Å². The van der Waals surface area contributed by atoms with Gasteiger partial charge in [0, 0.05) is 10.9 Å². The average molecular weight is 383 g/mol. The van der Waals surface area contributed by atoms with E-state index >= 15 is 0 Å². The van der Waals surface area contributed by atoms with Crippen LogP contribution in [0.2, 0.25) is 0 Å². The lowest BCUT2D eigenvalue weighted by Crippen LogP contribution is -2.12. The number of hydrogen-bond acceptors (Lipinski definition) is 4. The van der Waals surface area contributed by atoms with Crippen molar-refractivity contribution in [1.29, 1.82) is 0 Å². The predicted octanol–water partition coefficient (Wildman–Crippen LogP) is 5.41. The Labute approximate surface area is 142 Å². The van der Waals surface area contributed by atoms with E-state index in [1.54, 1.807) is 6.92 Å². The van der Waals surface area contributed by atoms with E-state index in [9.17, 15) is 31.1 Å². The highest BCUT2D eigenvalue weighted by atomic mass is 32.1. The molecule has 0 unspecified atom stereocenters. The molecule has 0 N–H and O–H groups in total. The topological polar surface area (TPSA) is 39.2 Å². The second kappa shape index (κ2) is 7.03. The summed E-state index contributed by atoms with van der Waals surface area (Å²) in [5.74, 6) is -0.850. The molecule has 0 amide bonds. The molecule has 0 aliphatic carbocycles. The third kappa shape index (κ3) is 4.50. The fourth-order valence-electron chi connectivity index (χ4n) is 1.95. The van der Waals surface area contributed by atoms with Crippen LogP contribution in [0, 0.1) is 0 Å². The lowest BCUT2D eigenvalue weighted by molar-refractivity contribution is -0.143. The van der Waals surface area contributed by atoms with E-state index in [4.69, 9.17) is 4.74 Å². The number of aromatic nitrogens is 1. The second-order valence-electron chi connectivity index (χ2n) is 5.01. The lowest BCUT2D eigenvalue weighted by atomic mass is 10.0. The number of nitrogens with zero attached hydrogens (tertiary/aromatic N) is 1. The molecule has 0 atom stereocenters. The Balaban J connectivity index is 2.57. The van der Waals surface area contributed by atoms with Gasteiger partial charge in [-0.05, 0) is 36.2 Å². The van der Waals surface area contributed by atoms with Crippen LogP contribution in [-0.2, 0) is 17.1 Å². The molecule has 0 radical (unpaired) electrons. The number of ether oxygens (including phenoxy) is 1. The smallest absolute Gasteiger partial charge is 0.416 e. The van der Waals surface area contributed by atoms with E-state index in [1.807, 2.05) is 0 Å². The molecule has 0 aliphatic rings. The van der Waals surface area contributed by atoms with Crippen LogP contribution in [0.15, 0.2) is 23.6 Å². The summed E-state index contributed by atoms with van der Waals surface area (Å²) in [6, 6.07) is 1.08. The van der Waals surface area contributed by atoms with Gasteiger partial charge in [0.25, 0.3) is 0 Å². The van der Waals surface area contributed by atoms with Crippen LogP contribution in [0.5, 0.6) is 0 Å². The van der Waals surface area contributed by atoms with E-state index in [1.165, 1.54) is 5.38 Å². The Morgan fingerprint density at radius 2 is 1.64 bits per heavy atom. The molecule has 136 valence electrons. The number of hydrogen-bond donors (Lipinski definition) is 0. The number of benzene rings is 1. The van der Waals surface area contributed by atoms with Crippen LogP contribution in [0.3, 0.4) is 0 Å². The minimum Gasteiger partial charge on any atom is -0.462 e. The van der Waals surface area contributed by atoms with Gasteiger partial charge in [-0.3, -0.25) is 0 Å². The summed E-state index contributed by atoms with van der Waals surface area (Å²) in [5.41, 5.74) is -3.85. The zero-order valence-electron chi connectivity index (χ0n) is 12.7. The van der Waals surface area contributed by atoms with Gasteiger partial charge in [-0.15, -0.1) is 0 Å². The first-order chi connectivity index (χ1) is 11.5. The first kappa shape index (κ1) is 19.2. The summed E-state index contributed by atoms with van der Waals surface area (Å²) < 4.78 is 86.2. The third-order valence-corrected chi connectivity index (χ3v) is 3.72. The van der Waals surface area contributed by atoms with Crippen molar-refractivity contribution < 1.29 is 35.9 Å². The summed E-state index contributed by atoms with van der Waals surface area (Å²) in [5, 5.41) is 1.22. The Morgan fingerprint density at radius 1 is 1.08 bits per heavy atom. The third-order valence-electron chi connectivity index (χ3n) is 3.09. The number of carbonyl (C=O) groups excluding carboxylic acids is 1. The van der Waals surface area contributed by atoms with Gasteiger partial charge >= 0.3 is 18.3 Å². The van der Waals surface area contributed by atoms with Crippen LogP contribution < -0.4 is 0 Å². The van der Waals surface area contributed by atoms with Crippen molar-refractivity contribution in [2.45, 2.75) is 25.7 Å². The van der Waals surface area contributed by atoms with E-state index in [-0.39, 0.29) is 23.9 Å². The number of halogens is 6. The maximum absolute atomic E-state index is 12.9. The summed E-state index contributed by atoms with van der Waals surface area (Å²) >= 11 is 0.736. The highest BCUT2D eigenvalue weighted by molar-refractivity contribution is 7.04. The quantitative estimate of drug-likeness (QED) is 0.523. The minimum absolute atomic E-state index is 0.0188. The molecule has 2 aromatic rings. The molecule has 10 heteroatoms. The molecular weight excluding hydrogens is 372 g/mol. The van der Waals surface area contributed by atoms with Crippen molar-refractivity contribution in [2.24, 2.45) is 0 Å². The highest BCUT2D eigenvalue weighted by Crippen LogP contribution is 2.39. The van der Waals surface area contributed by atoms with Crippen LogP contribution in [0.1, 0.15) is 34.8 Å². The molecule has 0 spiro atoms.